The number of carbonyl (C=O) groups excluding carboxylic acids is 3. The van der Waals surface area contributed by atoms with Gasteiger partial charge in [0, 0.05) is 25.0 Å². The number of rotatable bonds is 10. The van der Waals surface area contributed by atoms with E-state index in [2.05, 4.69) is 62.0 Å². The summed E-state index contributed by atoms with van der Waals surface area (Å²) in [5.41, 5.74) is 5.86. The molecule has 7 rings (SSSR count). The van der Waals surface area contributed by atoms with E-state index < -0.39 is 18.2 Å². The minimum atomic E-state index is -1.21. The number of carboxylic acid groups (broad SMARTS) is 1. The third-order valence-corrected chi connectivity index (χ3v) is 11.4. The molecule has 1 saturated carbocycles. The average molecular weight is 751 g/mol. The van der Waals surface area contributed by atoms with Gasteiger partial charge < -0.3 is 40.2 Å². The second-order valence-corrected chi connectivity index (χ2v) is 15.3. The number of nitrogens with one attached hydrogen (secondary N) is 4. The molecule has 3 aliphatic rings. The first-order valence-electron chi connectivity index (χ1n) is 19.4. The smallest absolute Gasteiger partial charge is 0.407 e. The molecule has 2 saturated heterocycles. The van der Waals surface area contributed by atoms with E-state index in [0.717, 1.165) is 97.4 Å². The second-order valence-electron chi connectivity index (χ2n) is 15.3. The van der Waals surface area contributed by atoms with Gasteiger partial charge in [-0.3, -0.25) is 9.59 Å². The van der Waals surface area contributed by atoms with E-state index in [-0.39, 0.29) is 41.8 Å². The summed E-state index contributed by atoms with van der Waals surface area (Å²) in [5.74, 6) is 1.24. The van der Waals surface area contributed by atoms with Crippen LogP contribution in [0.5, 0.6) is 0 Å². The zero-order valence-electron chi connectivity index (χ0n) is 31.6. The lowest BCUT2D eigenvalue weighted by molar-refractivity contribution is -0.138. The van der Waals surface area contributed by atoms with E-state index in [9.17, 15) is 24.3 Å². The van der Waals surface area contributed by atoms with Crippen LogP contribution in [0.1, 0.15) is 88.9 Å². The maximum atomic E-state index is 13.6. The van der Waals surface area contributed by atoms with Crippen molar-refractivity contribution in [1.82, 2.24) is 40.4 Å². The number of aromatic amines is 2. The fourth-order valence-electron chi connectivity index (χ4n) is 8.39. The number of H-pyrrole nitrogens is 2. The molecule has 3 fully saturated rings. The quantitative estimate of drug-likeness (QED) is 0.119. The summed E-state index contributed by atoms with van der Waals surface area (Å²) in [6, 6.07) is 15.5. The maximum Gasteiger partial charge on any atom is 0.407 e. The standard InChI is InChI=1S/C41H50N8O6/c1-24(2)35(47-40(52)53)39(51)49-21-5-7-34(49)37-43-23-32(46-37)28-14-10-26(11-15-28)25-8-12-27(13-9-25)31-22-42-36(45-31)33-6-4-20-48(33)38(50)29-16-18-30(19-17-29)44-41(54)55-3/h8-15,22-24,29-30,33-35,47H,4-7,16-21H2,1-3H3,(H,42,45)(H,43,46)(H,44,54)(H,52,53)/t29-,30+,33-,34-,35-/m0/s1. The molecule has 3 atom stereocenters. The second kappa shape index (κ2) is 16.4. The Labute approximate surface area is 320 Å². The number of carbonyl (C=O) groups is 4. The van der Waals surface area contributed by atoms with Gasteiger partial charge in [-0.2, -0.15) is 0 Å². The van der Waals surface area contributed by atoms with E-state index in [1.54, 1.807) is 11.1 Å². The van der Waals surface area contributed by atoms with Crippen LogP contribution in [-0.2, 0) is 14.3 Å². The van der Waals surface area contributed by atoms with Crippen molar-refractivity contribution in [2.75, 3.05) is 20.2 Å². The van der Waals surface area contributed by atoms with Crippen LogP contribution in [0, 0.1) is 11.8 Å². The zero-order valence-corrected chi connectivity index (χ0v) is 31.6. The van der Waals surface area contributed by atoms with Gasteiger partial charge in [0.05, 0.1) is 43.0 Å². The summed E-state index contributed by atoms with van der Waals surface area (Å²) in [5, 5.41) is 14.5. The van der Waals surface area contributed by atoms with E-state index in [4.69, 9.17) is 9.72 Å². The molecule has 2 aromatic heterocycles. The van der Waals surface area contributed by atoms with Crippen LogP contribution in [0.25, 0.3) is 33.6 Å². The number of hydrogen-bond acceptors (Lipinski definition) is 7. The molecule has 0 radical (unpaired) electrons. The normalized spacial score (nSPS) is 21.7. The highest BCUT2D eigenvalue weighted by molar-refractivity contribution is 5.86. The summed E-state index contributed by atoms with van der Waals surface area (Å²) in [6.45, 7) is 4.95. The third kappa shape index (κ3) is 8.23. The molecular weight excluding hydrogens is 701 g/mol. The topological polar surface area (TPSA) is 186 Å². The predicted molar refractivity (Wildman–Crippen MR) is 205 cm³/mol. The molecule has 0 bridgehead atoms. The number of benzene rings is 2. The number of imidazole rings is 2. The number of nitrogens with zero attached hydrogens (tertiary/aromatic N) is 4. The molecule has 0 spiro atoms. The fraction of sp³-hybridized carbons (Fsp3) is 0.463. The van der Waals surface area contributed by atoms with Crippen molar-refractivity contribution in [2.45, 2.75) is 89.4 Å². The Bertz CT molecular complexity index is 1980. The van der Waals surface area contributed by atoms with E-state index >= 15 is 0 Å². The van der Waals surface area contributed by atoms with Crippen molar-refractivity contribution in [2.24, 2.45) is 11.8 Å². The molecular formula is C41H50N8O6. The van der Waals surface area contributed by atoms with Gasteiger partial charge in [0.15, 0.2) is 0 Å². The highest BCUT2D eigenvalue weighted by Gasteiger charge is 2.38. The lowest BCUT2D eigenvalue weighted by atomic mass is 9.85. The van der Waals surface area contributed by atoms with Gasteiger partial charge in [-0.1, -0.05) is 62.4 Å². The Kier molecular flexibility index (Phi) is 11.2. The van der Waals surface area contributed by atoms with Crippen molar-refractivity contribution in [3.63, 3.8) is 0 Å². The van der Waals surface area contributed by atoms with Gasteiger partial charge in [-0.15, -0.1) is 0 Å². The number of methoxy groups -OCH3 is 1. The summed E-state index contributed by atoms with van der Waals surface area (Å²) in [7, 11) is 1.36. The van der Waals surface area contributed by atoms with E-state index in [1.165, 1.54) is 7.11 Å². The Morgan fingerprint density at radius 3 is 1.73 bits per heavy atom. The van der Waals surface area contributed by atoms with Crippen LogP contribution in [0.15, 0.2) is 60.9 Å². The number of ether oxygens (including phenoxy) is 1. The van der Waals surface area contributed by atoms with Crippen LogP contribution in [0.2, 0.25) is 0 Å². The van der Waals surface area contributed by atoms with Gasteiger partial charge in [0.2, 0.25) is 11.8 Å². The van der Waals surface area contributed by atoms with Gasteiger partial charge in [0.1, 0.15) is 17.7 Å². The Hall–Kier alpha value is -5.66. The summed E-state index contributed by atoms with van der Waals surface area (Å²) in [4.78, 5) is 69.9. The molecule has 4 heterocycles. The lowest BCUT2D eigenvalue weighted by Gasteiger charge is -2.32. The van der Waals surface area contributed by atoms with Crippen molar-refractivity contribution < 1.29 is 29.0 Å². The summed E-state index contributed by atoms with van der Waals surface area (Å²) < 4.78 is 4.73. The van der Waals surface area contributed by atoms with Crippen molar-refractivity contribution in [1.29, 1.82) is 0 Å². The highest BCUT2D eigenvalue weighted by atomic mass is 16.5. The van der Waals surface area contributed by atoms with Crippen molar-refractivity contribution in [3.8, 4) is 33.6 Å². The molecule has 14 heteroatoms. The summed E-state index contributed by atoms with van der Waals surface area (Å²) >= 11 is 0. The lowest BCUT2D eigenvalue weighted by Crippen LogP contribution is -2.50. The van der Waals surface area contributed by atoms with E-state index in [1.807, 2.05) is 37.1 Å². The number of hydrogen-bond donors (Lipinski definition) is 5. The molecule has 2 aromatic carbocycles. The highest BCUT2D eigenvalue weighted by Crippen LogP contribution is 2.37. The first-order chi connectivity index (χ1) is 26.6. The van der Waals surface area contributed by atoms with Crippen molar-refractivity contribution in [3.05, 3.63) is 72.6 Å². The molecule has 2 aliphatic heterocycles. The Morgan fingerprint density at radius 2 is 1.24 bits per heavy atom. The minimum absolute atomic E-state index is 0.0435. The van der Waals surface area contributed by atoms with Gasteiger partial charge in [0.25, 0.3) is 0 Å². The minimum Gasteiger partial charge on any atom is -0.465 e. The van der Waals surface area contributed by atoms with Crippen LogP contribution in [-0.4, -0.2) is 91.1 Å². The average Bonchev–Trinajstić information content (AvgIpc) is 4.03. The number of likely N-dealkylation sites (tertiary alicyclic amines) is 2. The van der Waals surface area contributed by atoms with Crippen LogP contribution in [0.4, 0.5) is 9.59 Å². The van der Waals surface area contributed by atoms with Crippen molar-refractivity contribution >= 4 is 24.0 Å². The largest absolute Gasteiger partial charge is 0.465 e. The van der Waals surface area contributed by atoms with Gasteiger partial charge in [-0.25, -0.2) is 19.6 Å². The molecule has 5 N–H and O–H groups in total. The van der Waals surface area contributed by atoms with Crippen LogP contribution in [0.3, 0.4) is 0 Å². The Morgan fingerprint density at radius 1 is 0.745 bits per heavy atom. The predicted octanol–water partition coefficient (Wildman–Crippen LogP) is 6.67. The fourth-order valence-corrected chi connectivity index (χ4v) is 8.39. The van der Waals surface area contributed by atoms with Crippen LogP contribution < -0.4 is 10.6 Å². The first kappa shape index (κ1) is 37.6. The first-order valence-corrected chi connectivity index (χ1v) is 19.4. The zero-order chi connectivity index (χ0) is 38.6. The van der Waals surface area contributed by atoms with Crippen LogP contribution >= 0.6 is 0 Å². The molecule has 14 nitrogen and oxygen atoms in total. The van der Waals surface area contributed by atoms with Gasteiger partial charge in [-0.05, 0) is 79.5 Å². The molecule has 4 aromatic rings. The molecule has 0 unspecified atom stereocenters. The Balaban J connectivity index is 0.968. The third-order valence-electron chi connectivity index (χ3n) is 11.4. The molecule has 290 valence electrons. The molecule has 1 aliphatic carbocycles. The SMILES string of the molecule is COC(=O)N[C@H]1CC[C@@H](C(=O)N2CCC[C@H]2c2ncc(-c3ccc(-c4ccc(-c5cnc([C@@H]6CCCN6C(=O)[C@@H](NC(=O)O)C(C)C)[nH]5)cc4)cc3)[nH]2)CC1. The number of alkyl carbamates (subject to hydrolysis) is 1. The maximum absolute atomic E-state index is 13.6. The van der Waals surface area contributed by atoms with E-state index in [0.29, 0.717) is 12.4 Å². The summed E-state index contributed by atoms with van der Waals surface area (Å²) in [6.07, 6.45) is 8.41. The number of amides is 4. The number of aromatic nitrogens is 4. The van der Waals surface area contributed by atoms with Gasteiger partial charge >= 0.3 is 12.2 Å². The molecule has 55 heavy (non-hydrogen) atoms. The molecule has 4 amide bonds. The monoisotopic (exact) mass is 750 g/mol.